The van der Waals surface area contributed by atoms with Gasteiger partial charge in [-0.1, -0.05) is 25.5 Å². The van der Waals surface area contributed by atoms with E-state index < -0.39 is 0 Å². The predicted octanol–water partition coefficient (Wildman–Crippen LogP) is 2.63. The van der Waals surface area contributed by atoms with Crippen molar-refractivity contribution in [3.8, 4) is 0 Å². The van der Waals surface area contributed by atoms with Crippen LogP contribution in [0.3, 0.4) is 0 Å². The highest BCUT2D eigenvalue weighted by Gasteiger charge is 2.24. The van der Waals surface area contributed by atoms with Crippen LogP contribution in [-0.2, 0) is 0 Å². The molecular weight excluding hydrogens is 246 g/mol. The van der Waals surface area contributed by atoms with Crippen LogP contribution < -0.4 is 10.6 Å². The first-order valence-electron chi connectivity index (χ1n) is 7.83. The van der Waals surface area contributed by atoms with Crippen LogP contribution in [0.2, 0.25) is 0 Å². The maximum atomic E-state index is 6.37. The minimum atomic E-state index is -0.0414. The molecule has 1 fully saturated rings. The molecule has 0 aromatic heterocycles. The molecule has 0 amide bonds. The average Bonchev–Trinajstić information content (AvgIpc) is 2.39. The Balaban J connectivity index is 1.86. The van der Waals surface area contributed by atoms with Crippen LogP contribution in [0.5, 0.6) is 0 Å². The topological polar surface area (TPSA) is 32.5 Å². The Morgan fingerprint density at radius 1 is 1.20 bits per heavy atom. The van der Waals surface area contributed by atoms with Gasteiger partial charge in [-0.15, -0.1) is 0 Å². The maximum Gasteiger partial charge on any atom is 0.0369 e. The van der Waals surface area contributed by atoms with Crippen molar-refractivity contribution in [2.75, 3.05) is 37.6 Å². The first-order chi connectivity index (χ1) is 9.50. The van der Waals surface area contributed by atoms with E-state index in [-0.39, 0.29) is 5.54 Å². The van der Waals surface area contributed by atoms with Gasteiger partial charge in [-0.25, -0.2) is 0 Å². The number of hydrogen-bond acceptors (Lipinski definition) is 3. The van der Waals surface area contributed by atoms with Gasteiger partial charge in [0, 0.05) is 44.0 Å². The van der Waals surface area contributed by atoms with Crippen LogP contribution >= 0.6 is 0 Å². The van der Waals surface area contributed by atoms with Crippen LogP contribution in [0.4, 0.5) is 5.69 Å². The zero-order valence-electron chi connectivity index (χ0n) is 13.2. The highest BCUT2D eigenvalue weighted by atomic mass is 15.3. The summed E-state index contributed by atoms with van der Waals surface area (Å²) in [6.45, 7) is 12.0. The second-order valence-electron chi connectivity index (χ2n) is 6.51. The summed E-state index contributed by atoms with van der Waals surface area (Å²) in [7, 11) is 0. The highest BCUT2D eigenvalue weighted by Crippen LogP contribution is 2.19. The SMILES string of the molecule is CCCC(C)(N)CN1CCN(c2cccc(C)c2)CC1. The third-order valence-electron chi connectivity index (χ3n) is 4.15. The average molecular weight is 275 g/mol. The van der Waals surface area contributed by atoms with E-state index in [9.17, 15) is 0 Å². The normalized spacial score (nSPS) is 19.9. The lowest BCUT2D eigenvalue weighted by molar-refractivity contribution is 0.199. The number of nitrogens with two attached hydrogens (primary N) is 1. The van der Waals surface area contributed by atoms with E-state index in [0.29, 0.717) is 0 Å². The standard InChI is InChI=1S/C17H29N3/c1-4-8-17(3,18)14-19-9-11-20(12-10-19)16-7-5-6-15(2)13-16/h5-7,13H,4,8-12,14,18H2,1-3H3. The first kappa shape index (κ1) is 15.3. The predicted molar refractivity (Wildman–Crippen MR) is 87.3 cm³/mol. The number of nitrogens with zero attached hydrogens (tertiary/aromatic N) is 2. The van der Waals surface area contributed by atoms with Crippen LogP contribution in [0.25, 0.3) is 0 Å². The molecule has 112 valence electrons. The Morgan fingerprint density at radius 2 is 1.90 bits per heavy atom. The van der Waals surface area contributed by atoms with Crippen LogP contribution in [0.1, 0.15) is 32.3 Å². The molecule has 1 aromatic rings. The molecule has 20 heavy (non-hydrogen) atoms. The Kier molecular flexibility index (Phi) is 5.06. The summed E-state index contributed by atoms with van der Waals surface area (Å²) in [6, 6.07) is 8.80. The van der Waals surface area contributed by atoms with Gasteiger partial charge in [-0.3, -0.25) is 4.90 Å². The van der Waals surface area contributed by atoms with Crippen molar-refractivity contribution in [3.05, 3.63) is 29.8 Å². The Labute approximate surface area is 123 Å². The van der Waals surface area contributed by atoms with Gasteiger partial charge in [0.2, 0.25) is 0 Å². The Morgan fingerprint density at radius 3 is 2.50 bits per heavy atom. The Hall–Kier alpha value is -1.06. The number of rotatable bonds is 5. The molecule has 3 nitrogen and oxygen atoms in total. The second kappa shape index (κ2) is 6.59. The Bertz CT molecular complexity index is 420. The molecule has 0 spiro atoms. The summed E-state index contributed by atoms with van der Waals surface area (Å²) >= 11 is 0. The number of piperazine rings is 1. The highest BCUT2D eigenvalue weighted by molar-refractivity contribution is 5.48. The van der Waals surface area contributed by atoms with Crippen LogP contribution in [0, 0.1) is 6.92 Å². The van der Waals surface area contributed by atoms with Gasteiger partial charge in [0.1, 0.15) is 0 Å². The summed E-state index contributed by atoms with van der Waals surface area (Å²) in [6.07, 6.45) is 2.27. The maximum absolute atomic E-state index is 6.37. The monoisotopic (exact) mass is 275 g/mol. The zero-order valence-corrected chi connectivity index (χ0v) is 13.2. The quantitative estimate of drug-likeness (QED) is 0.896. The van der Waals surface area contributed by atoms with Gasteiger partial charge in [0.25, 0.3) is 0 Å². The van der Waals surface area contributed by atoms with E-state index in [0.717, 1.165) is 45.6 Å². The molecular formula is C17H29N3. The molecule has 0 radical (unpaired) electrons. The molecule has 2 rings (SSSR count). The molecule has 1 atom stereocenters. The molecule has 0 bridgehead atoms. The minimum absolute atomic E-state index is 0.0414. The molecule has 3 heteroatoms. The third kappa shape index (κ3) is 4.22. The molecule has 1 saturated heterocycles. The summed E-state index contributed by atoms with van der Waals surface area (Å²) in [5.74, 6) is 0. The summed E-state index contributed by atoms with van der Waals surface area (Å²) in [4.78, 5) is 5.00. The molecule has 0 saturated carbocycles. The molecule has 2 N–H and O–H groups in total. The third-order valence-corrected chi connectivity index (χ3v) is 4.15. The molecule has 1 aliphatic heterocycles. The van der Waals surface area contributed by atoms with Crippen LogP contribution in [-0.4, -0.2) is 43.2 Å². The fourth-order valence-electron chi connectivity index (χ4n) is 3.15. The molecule has 1 aromatic carbocycles. The van der Waals surface area contributed by atoms with Crippen LogP contribution in [0.15, 0.2) is 24.3 Å². The summed E-state index contributed by atoms with van der Waals surface area (Å²) in [5.41, 5.74) is 9.02. The van der Waals surface area contributed by atoms with Crippen molar-refractivity contribution in [1.82, 2.24) is 4.90 Å². The zero-order chi connectivity index (χ0) is 14.6. The largest absolute Gasteiger partial charge is 0.369 e. The molecule has 1 unspecified atom stereocenters. The first-order valence-corrected chi connectivity index (χ1v) is 7.83. The van der Waals surface area contributed by atoms with Gasteiger partial charge in [0.05, 0.1) is 0 Å². The van der Waals surface area contributed by atoms with Gasteiger partial charge in [-0.2, -0.15) is 0 Å². The van der Waals surface area contributed by atoms with Crippen molar-refractivity contribution >= 4 is 5.69 Å². The van der Waals surface area contributed by atoms with Gasteiger partial charge in [-0.05, 0) is 38.0 Å². The van der Waals surface area contributed by atoms with E-state index >= 15 is 0 Å². The van der Waals surface area contributed by atoms with E-state index in [2.05, 4.69) is 54.8 Å². The summed E-state index contributed by atoms with van der Waals surface area (Å²) in [5, 5.41) is 0. The molecule has 1 heterocycles. The lowest BCUT2D eigenvalue weighted by atomic mass is 9.96. The van der Waals surface area contributed by atoms with Crippen molar-refractivity contribution in [2.45, 2.75) is 39.2 Å². The van der Waals surface area contributed by atoms with Gasteiger partial charge >= 0.3 is 0 Å². The van der Waals surface area contributed by atoms with Crippen molar-refractivity contribution in [2.24, 2.45) is 5.73 Å². The number of aryl methyl sites for hydroxylation is 1. The molecule has 1 aliphatic rings. The lowest BCUT2D eigenvalue weighted by Gasteiger charge is -2.39. The van der Waals surface area contributed by atoms with E-state index in [1.807, 2.05) is 0 Å². The number of hydrogen-bond donors (Lipinski definition) is 1. The van der Waals surface area contributed by atoms with Gasteiger partial charge < -0.3 is 10.6 Å². The van der Waals surface area contributed by atoms with E-state index in [1.165, 1.54) is 11.3 Å². The fraction of sp³-hybridized carbons (Fsp3) is 0.647. The number of benzene rings is 1. The smallest absolute Gasteiger partial charge is 0.0369 e. The van der Waals surface area contributed by atoms with Crippen molar-refractivity contribution < 1.29 is 0 Å². The van der Waals surface area contributed by atoms with Crippen molar-refractivity contribution in [1.29, 1.82) is 0 Å². The van der Waals surface area contributed by atoms with Gasteiger partial charge in [0.15, 0.2) is 0 Å². The van der Waals surface area contributed by atoms with E-state index in [4.69, 9.17) is 5.73 Å². The lowest BCUT2D eigenvalue weighted by Crippen LogP contribution is -2.54. The number of anilines is 1. The van der Waals surface area contributed by atoms with E-state index in [1.54, 1.807) is 0 Å². The second-order valence-corrected chi connectivity index (χ2v) is 6.51. The fourth-order valence-corrected chi connectivity index (χ4v) is 3.15. The minimum Gasteiger partial charge on any atom is -0.369 e. The van der Waals surface area contributed by atoms with Crippen molar-refractivity contribution in [3.63, 3.8) is 0 Å². The molecule has 0 aliphatic carbocycles. The summed E-state index contributed by atoms with van der Waals surface area (Å²) < 4.78 is 0.